The number of pyridine rings is 1. The molecule has 0 unspecified atom stereocenters. The predicted molar refractivity (Wildman–Crippen MR) is 71.2 cm³/mol. The van der Waals surface area contributed by atoms with Crippen LogP contribution in [-0.4, -0.2) is 30.4 Å². The predicted octanol–water partition coefficient (Wildman–Crippen LogP) is 1.26. The highest BCUT2D eigenvalue weighted by Gasteiger charge is 2.52. The molecule has 0 saturated carbocycles. The third kappa shape index (κ3) is 2.31. The van der Waals surface area contributed by atoms with Crippen molar-refractivity contribution in [3.8, 4) is 11.9 Å². The molecule has 1 aromatic rings. The molecule has 2 rings (SSSR count). The average molecular weight is 260 g/mol. The molecule has 1 fully saturated rings. The van der Waals surface area contributed by atoms with Crippen molar-refractivity contribution < 1.29 is 14.0 Å². The van der Waals surface area contributed by atoms with Crippen LogP contribution in [0.15, 0.2) is 12.1 Å². The summed E-state index contributed by atoms with van der Waals surface area (Å²) in [5.74, 6) is 0.400. The second-order valence-electron chi connectivity index (χ2n) is 5.49. The number of nitriles is 1. The van der Waals surface area contributed by atoms with Crippen molar-refractivity contribution >= 4 is 12.6 Å². The van der Waals surface area contributed by atoms with Crippen molar-refractivity contribution in [1.82, 2.24) is 4.98 Å². The summed E-state index contributed by atoms with van der Waals surface area (Å²) in [4.78, 5) is 4.11. The molecule has 1 aliphatic heterocycles. The Bertz CT molecular complexity index is 521. The van der Waals surface area contributed by atoms with Crippen LogP contribution in [0, 0.1) is 11.3 Å². The Kier molecular flexibility index (Phi) is 3.29. The van der Waals surface area contributed by atoms with Crippen LogP contribution in [0.25, 0.3) is 0 Å². The van der Waals surface area contributed by atoms with E-state index in [-0.39, 0.29) is 5.69 Å². The largest absolute Gasteiger partial charge is 0.497 e. The summed E-state index contributed by atoms with van der Waals surface area (Å²) < 4.78 is 16.8. The minimum Gasteiger partial charge on any atom is -0.481 e. The third-order valence-corrected chi connectivity index (χ3v) is 3.72. The van der Waals surface area contributed by atoms with Gasteiger partial charge in [-0.2, -0.15) is 5.26 Å². The Morgan fingerprint density at radius 3 is 2.26 bits per heavy atom. The van der Waals surface area contributed by atoms with Gasteiger partial charge >= 0.3 is 7.12 Å². The Labute approximate surface area is 113 Å². The first-order valence-electron chi connectivity index (χ1n) is 6.11. The number of hydrogen-bond acceptors (Lipinski definition) is 5. The smallest absolute Gasteiger partial charge is 0.481 e. The zero-order chi connectivity index (χ0) is 14.3. The summed E-state index contributed by atoms with van der Waals surface area (Å²) in [7, 11) is 0.927. The Morgan fingerprint density at radius 2 is 1.79 bits per heavy atom. The second-order valence-corrected chi connectivity index (χ2v) is 5.49. The first-order chi connectivity index (χ1) is 8.80. The van der Waals surface area contributed by atoms with Crippen molar-refractivity contribution in [3.05, 3.63) is 17.8 Å². The van der Waals surface area contributed by atoms with E-state index >= 15 is 0 Å². The quantitative estimate of drug-likeness (QED) is 0.749. The molecular weight excluding hydrogens is 243 g/mol. The molecule has 100 valence electrons. The maximum absolute atomic E-state index is 9.18. The zero-order valence-electron chi connectivity index (χ0n) is 11.9. The first-order valence-corrected chi connectivity index (χ1v) is 6.11. The molecule has 0 N–H and O–H groups in total. The lowest BCUT2D eigenvalue weighted by Crippen LogP contribution is -2.41. The van der Waals surface area contributed by atoms with Gasteiger partial charge in [-0.15, -0.1) is 0 Å². The van der Waals surface area contributed by atoms with Crippen LogP contribution in [0.5, 0.6) is 5.88 Å². The molecule has 2 heterocycles. The number of hydrogen-bond donors (Lipinski definition) is 0. The number of rotatable bonds is 2. The summed E-state index contributed by atoms with van der Waals surface area (Å²) in [6.07, 6.45) is 0. The van der Waals surface area contributed by atoms with E-state index in [0.29, 0.717) is 11.3 Å². The van der Waals surface area contributed by atoms with Crippen molar-refractivity contribution in [3.63, 3.8) is 0 Å². The van der Waals surface area contributed by atoms with E-state index in [4.69, 9.17) is 14.0 Å². The van der Waals surface area contributed by atoms with E-state index in [1.54, 1.807) is 12.1 Å². The number of methoxy groups -OCH3 is 1. The van der Waals surface area contributed by atoms with Gasteiger partial charge in [0.1, 0.15) is 11.8 Å². The fraction of sp³-hybridized carbons (Fsp3) is 0.538. The Hall–Kier alpha value is -1.58. The van der Waals surface area contributed by atoms with E-state index in [1.807, 2.05) is 27.7 Å². The Morgan fingerprint density at radius 1 is 1.21 bits per heavy atom. The maximum Gasteiger partial charge on any atom is 0.497 e. The van der Waals surface area contributed by atoms with Gasteiger partial charge in [-0.25, -0.2) is 4.98 Å². The molecule has 0 spiro atoms. The van der Waals surface area contributed by atoms with Crippen molar-refractivity contribution in [2.75, 3.05) is 7.11 Å². The molecule has 1 saturated heterocycles. The highest BCUT2D eigenvalue weighted by atomic mass is 16.7. The molecule has 6 heteroatoms. The van der Waals surface area contributed by atoms with E-state index in [0.717, 1.165) is 0 Å². The standard InChI is InChI=1S/C13H17BN2O3/c1-12(2)13(3,4)19-14(18-12)9-6-7-11(17-5)16-10(9)8-15/h6-7H,1-5H3. The fourth-order valence-electron chi connectivity index (χ4n) is 1.82. The van der Waals surface area contributed by atoms with Crippen LogP contribution >= 0.6 is 0 Å². The van der Waals surface area contributed by atoms with E-state index < -0.39 is 18.3 Å². The summed E-state index contributed by atoms with van der Waals surface area (Å²) in [5.41, 5.74) is 0.00839. The minimum atomic E-state index is -0.585. The molecular formula is C13H17BN2O3. The van der Waals surface area contributed by atoms with Gasteiger partial charge in [0.25, 0.3) is 0 Å². The molecule has 0 aromatic carbocycles. The lowest BCUT2D eigenvalue weighted by atomic mass is 9.78. The van der Waals surface area contributed by atoms with Gasteiger partial charge in [0.05, 0.1) is 18.3 Å². The van der Waals surface area contributed by atoms with Crippen molar-refractivity contribution in [2.24, 2.45) is 0 Å². The number of ether oxygens (including phenoxy) is 1. The topological polar surface area (TPSA) is 64.4 Å². The highest BCUT2D eigenvalue weighted by molar-refractivity contribution is 6.62. The maximum atomic E-state index is 9.18. The van der Waals surface area contributed by atoms with Gasteiger partial charge in [-0.05, 0) is 27.7 Å². The van der Waals surface area contributed by atoms with Gasteiger partial charge in [-0.3, -0.25) is 0 Å². The lowest BCUT2D eigenvalue weighted by Gasteiger charge is -2.32. The van der Waals surface area contributed by atoms with Crippen LogP contribution in [-0.2, 0) is 9.31 Å². The van der Waals surface area contributed by atoms with Gasteiger partial charge in [0.2, 0.25) is 5.88 Å². The first kappa shape index (κ1) is 13.8. The van der Waals surface area contributed by atoms with Gasteiger partial charge in [0.15, 0.2) is 0 Å². The van der Waals surface area contributed by atoms with Crippen LogP contribution in [0.3, 0.4) is 0 Å². The van der Waals surface area contributed by atoms with Crippen LogP contribution < -0.4 is 10.2 Å². The van der Waals surface area contributed by atoms with Gasteiger partial charge in [-0.1, -0.05) is 6.07 Å². The zero-order valence-corrected chi connectivity index (χ0v) is 11.9. The van der Waals surface area contributed by atoms with E-state index in [1.165, 1.54) is 7.11 Å². The molecule has 5 nitrogen and oxygen atoms in total. The number of nitrogens with zero attached hydrogens (tertiary/aromatic N) is 2. The van der Waals surface area contributed by atoms with Crippen LogP contribution in [0.4, 0.5) is 0 Å². The van der Waals surface area contributed by atoms with Gasteiger partial charge < -0.3 is 14.0 Å². The van der Waals surface area contributed by atoms with Crippen LogP contribution in [0.1, 0.15) is 33.4 Å². The molecule has 0 amide bonds. The van der Waals surface area contributed by atoms with Crippen molar-refractivity contribution in [2.45, 2.75) is 38.9 Å². The van der Waals surface area contributed by atoms with Crippen molar-refractivity contribution in [1.29, 1.82) is 5.26 Å². The summed E-state index contributed by atoms with van der Waals surface area (Å²) in [5, 5.41) is 9.18. The monoisotopic (exact) mass is 260 g/mol. The summed E-state index contributed by atoms with van der Waals surface area (Å²) >= 11 is 0. The molecule has 1 aromatic heterocycles. The fourth-order valence-corrected chi connectivity index (χ4v) is 1.82. The average Bonchev–Trinajstić information content (AvgIpc) is 2.57. The Balaban J connectivity index is 2.37. The summed E-state index contributed by atoms with van der Waals surface area (Å²) in [6, 6.07) is 5.50. The molecule has 0 atom stereocenters. The SMILES string of the molecule is COc1ccc(B2OC(C)(C)C(C)(C)O2)c(C#N)n1. The molecule has 1 aliphatic rings. The van der Waals surface area contributed by atoms with E-state index in [2.05, 4.69) is 11.1 Å². The molecule has 19 heavy (non-hydrogen) atoms. The molecule has 0 aliphatic carbocycles. The van der Waals surface area contributed by atoms with Crippen LogP contribution in [0.2, 0.25) is 0 Å². The number of aromatic nitrogens is 1. The normalized spacial score (nSPS) is 20.1. The summed E-state index contributed by atoms with van der Waals surface area (Å²) in [6.45, 7) is 7.87. The second kappa shape index (κ2) is 4.51. The molecule has 0 bridgehead atoms. The molecule has 0 radical (unpaired) electrons. The minimum absolute atomic E-state index is 0.262. The lowest BCUT2D eigenvalue weighted by molar-refractivity contribution is 0.00578. The highest BCUT2D eigenvalue weighted by Crippen LogP contribution is 2.36. The van der Waals surface area contributed by atoms with Gasteiger partial charge in [0, 0.05) is 11.5 Å². The third-order valence-electron chi connectivity index (χ3n) is 3.72. The van der Waals surface area contributed by atoms with E-state index in [9.17, 15) is 5.26 Å².